The molecule has 118 valence electrons. The SMILES string of the molecule is O=c1[nH]c2ccc(NS(=O)(=O)c3ccc([N+](=O)[O-])cc3)cc2[nH]1. The van der Waals surface area contributed by atoms with Crippen molar-refractivity contribution in [2.75, 3.05) is 4.72 Å². The molecule has 1 aromatic heterocycles. The summed E-state index contributed by atoms with van der Waals surface area (Å²) in [6.07, 6.45) is 0. The molecular weight excluding hydrogens is 324 g/mol. The molecule has 0 unspecified atom stereocenters. The van der Waals surface area contributed by atoms with Gasteiger partial charge < -0.3 is 9.97 Å². The van der Waals surface area contributed by atoms with Crippen molar-refractivity contribution < 1.29 is 13.3 Å². The Kier molecular flexibility index (Phi) is 3.37. The van der Waals surface area contributed by atoms with Crippen LogP contribution in [0.5, 0.6) is 0 Å². The van der Waals surface area contributed by atoms with E-state index in [1.54, 1.807) is 6.07 Å². The number of hydrogen-bond acceptors (Lipinski definition) is 5. The van der Waals surface area contributed by atoms with Crippen LogP contribution in [-0.4, -0.2) is 23.3 Å². The van der Waals surface area contributed by atoms with Crippen molar-refractivity contribution >= 4 is 32.4 Å². The number of aromatic amines is 2. The van der Waals surface area contributed by atoms with Gasteiger partial charge in [-0.3, -0.25) is 14.8 Å². The van der Waals surface area contributed by atoms with Crippen molar-refractivity contribution in [1.29, 1.82) is 0 Å². The van der Waals surface area contributed by atoms with Gasteiger partial charge in [0.1, 0.15) is 0 Å². The van der Waals surface area contributed by atoms with Crippen molar-refractivity contribution in [2.45, 2.75) is 4.90 Å². The van der Waals surface area contributed by atoms with E-state index in [4.69, 9.17) is 0 Å². The second kappa shape index (κ2) is 5.25. The van der Waals surface area contributed by atoms with E-state index in [0.29, 0.717) is 11.0 Å². The standard InChI is InChI=1S/C13H10N4O5S/c18-13-14-11-6-1-8(7-12(11)15-13)16-23(21,22)10-4-2-9(3-5-10)17(19)20/h1-7,16H,(H2,14,15,18). The van der Waals surface area contributed by atoms with Crippen molar-refractivity contribution in [1.82, 2.24) is 9.97 Å². The first kappa shape index (κ1) is 14.8. The molecule has 0 fully saturated rings. The molecule has 0 saturated heterocycles. The van der Waals surface area contributed by atoms with E-state index in [2.05, 4.69) is 14.7 Å². The maximum Gasteiger partial charge on any atom is 0.323 e. The summed E-state index contributed by atoms with van der Waals surface area (Å²) in [6, 6.07) is 9.04. The molecule has 0 aliphatic heterocycles. The van der Waals surface area contributed by atoms with Crippen LogP contribution in [0.25, 0.3) is 11.0 Å². The molecule has 2 aromatic carbocycles. The highest BCUT2D eigenvalue weighted by Crippen LogP contribution is 2.21. The van der Waals surface area contributed by atoms with E-state index < -0.39 is 20.6 Å². The lowest BCUT2D eigenvalue weighted by atomic mass is 10.3. The number of anilines is 1. The molecule has 23 heavy (non-hydrogen) atoms. The van der Waals surface area contributed by atoms with Crippen LogP contribution in [0.3, 0.4) is 0 Å². The number of nitrogens with zero attached hydrogens (tertiary/aromatic N) is 1. The number of non-ortho nitro benzene ring substituents is 1. The Labute approximate surface area is 129 Å². The predicted molar refractivity (Wildman–Crippen MR) is 82.8 cm³/mol. The van der Waals surface area contributed by atoms with Crippen LogP contribution in [0.4, 0.5) is 11.4 Å². The van der Waals surface area contributed by atoms with Gasteiger partial charge in [0.05, 0.1) is 26.5 Å². The average Bonchev–Trinajstić information content (AvgIpc) is 2.86. The first-order chi connectivity index (χ1) is 10.8. The number of H-pyrrole nitrogens is 2. The molecule has 0 amide bonds. The van der Waals surface area contributed by atoms with Gasteiger partial charge in [-0.05, 0) is 30.3 Å². The molecule has 3 N–H and O–H groups in total. The summed E-state index contributed by atoms with van der Waals surface area (Å²) in [4.78, 5) is 26.1. The zero-order valence-electron chi connectivity index (χ0n) is 11.4. The van der Waals surface area contributed by atoms with Crippen molar-refractivity contribution in [2.24, 2.45) is 0 Å². The Balaban J connectivity index is 1.92. The number of benzene rings is 2. The fourth-order valence-electron chi connectivity index (χ4n) is 2.06. The third-order valence-corrected chi connectivity index (χ3v) is 4.52. The molecule has 0 bridgehead atoms. The highest BCUT2D eigenvalue weighted by atomic mass is 32.2. The zero-order chi connectivity index (χ0) is 16.6. The largest absolute Gasteiger partial charge is 0.323 e. The Morgan fingerprint density at radius 3 is 2.30 bits per heavy atom. The number of aromatic nitrogens is 2. The summed E-state index contributed by atoms with van der Waals surface area (Å²) in [5, 5.41) is 10.6. The van der Waals surface area contributed by atoms with Crippen LogP contribution in [0.15, 0.2) is 52.2 Å². The number of sulfonamides is 1. The van der Waals surface area contributed by atoms with E-state index in [0.717, 1.165) is 24.3 Å². The van der Waals surface area contributed by atoms with Crippen LogP contribution >= 0.6 is 0 Å². The maximum atomic E-state index is 12.3. The lowest BCUT2D eigenvalue weighted by molar-refractivity contribution is -0.384. The average molecular weight is 334 g/mol. The van der Waals surface area contributed by atoms with E-state index >= 15 is 0 Å². The van der Waals surface area contributed by atoms with Gasteiger partial charge in [0.25, 0.3) is 15.7 Å². The highest BCUT2D eigenvalue weighted by Gasteiger charge is 2.16. The van der Waals surface area contributed by atoms with Crippen LogP contribution in [0.2, 0.25) is 0 Å². The third-order valence-electron chi connectivity index (χ3n) is 3.13. The van der Waals surface area contributed by atoms with Crippen molar-refractivity contribution in [3.8, 4) is 0 Å². The smallest absolute Gasteiger partial charge is 0.306 e. The molecule has 0 radical (unpaired) electrons. The predicted octanol–water partition coefficient (Wildman–Crippen LogP) is 1.57. The number of imidazole rings is 1. The highest BCUT2D eigenvalue weighted by molar-refractivity contribution is 7.92. The maximum absolute atomic E-state index is 12.3. The van der Waals surface area contributed by atoms with Gasteiger partial charge >= 0.3 is 5.69 Å². The van der Waals surface area contributed by atoms with Crippen LogP contribution in [0.1, 0.15) is 0 Å². The van der Waals surface area contributed by atoms with E-state index in [9.17, 15) is 23.3 Å². The lowest BCUT2D eigenvalue weighted by Crippen LogP contribution is -2.12. The number of nitro benzene ring substituents is 1. The van der Waals surface area contributed by atoms with Crippen LogP contribution < -0.4 is 10.4 Å². The normalized spacial score (nSPS) is 11.5. The Morgan fingerprint density at radius 1 is 1.00 bits per heavy atom. The van der Waals surface area contributed by atoms with Gasteiger partial charge in [-0.1, -0.05) is 0 Å². The summed E-state index contributed by atoms with van der Waals surface area (Å²) in [5.74, 6) is 0. The molecule has 0 spiro atoms. The summed E-state index contributed by atoms with van der Waals surface area (Å²) in [7, 11) is -3.89. The van der Waals surface area contributed by atoms with Gasteiger partial charge in [-0.25, -0.2) is 13.2 Å². The number of fused-ring (bicyclic) bond motifs is 1. The first-order valence-corrected chi connectivity index (χ1v) is 7.83. The number of nitro groups is 1. The topological polar surface area (TPSA) is 138 Å². The molecular formula is C13H10N4O5S. The van der Waals surface area contributed by atoms with Gasteiger partial charge in [0.15, 0.2) is 0 Å². The molecule has 1 heterocycles. The summed E-state index contributed by atoms with van der Waals surface area (Å²) in [5.41, 5.74) is 0.670. The molecule has 3 rings (SSSR count). The second-order valence-electron chi connectivity index (χ2n) is 4.70. The molecule has 0 saturated carbocycles. The van der Waals surface area contributed by atoms with E-state index in [-0.39, 0.29) is 16.3 Å². The minimum absolute atomic E-state index is 0.106. The zero-order valence-corrected chi connectivity index (χ0v) is 12.3. The van der Waals surface area contributed by atoms with E-state index in [1.165, 1.54) is 12.1 Å². The molecule has 10 heteroatoms. The fraction of sp³-hybridized carbons (Fsp3) is 0. The monoisotopic (exact) mass is 334 g/mol. The Bertz CT molecular complexity index is 1050. The van der Waals surface area contributed by atoms with E-state index in [1.807, 2.05) is 0 Å². The lowest BCUT2D eigenvalue weighted by Gasteiger charge is -2.08. The molecule has 0 aliphatic carbocycles. The van der Waals surface area contributed by atoms with Crippen LogP contribution in [-0.2, 0) is 10.0 Å². The van der Waals surface area contributed by atoms with Gasteiger partial charge in [0, 0.05) is 12.1 Å². The van der Waals surface area contributed by atoms with Gasteiger partial charge in [-0.15, -0.1) is 0 Å². The quantitative estimate of drug-likeness (QED) is 0.491. The minimum Gasteiger partial charge on any atom is -0.306 e. The van der Waals surface area contributed by atoms with Gasteiger partial charge in [0.2, 0.25) is 0 Å². The Morgan fingerprint density at radius 2 is 1.65 bits per heavy atom. The summed E-state index contributed by atoms with van der Waals surface area (Å²) in [6.45, 7) is 0. The summed E-state index contributed by atoms with van der Waals surface area (Å²) >= 11 is 0. The van der Waals surface area contributed by atoms with Crippen molar-refractivity contribution in [3.05, 3.63) is 63.1 Å². The molecule has 3 aromatic rings. The number of hydrogen-bond donors (Lipinski definition) is 3. The molecule has 0 atom stereocenters. The van der Waals surface area contributed by atoms with Crippen LogP contribution in [0, 0.1) is 10.1 Å². The van der Waals surface area contributed by atoms with Gasteiger partial charge in [-0.2, -0.15) is 0 Å². The summed E-state index contributed by atoms with van der Waals surface area (Å²) < 4.78 is 26.9. The Hall–Kier alpha value is -3.14. The molecule has 0 aliphatic rings. The van der Waals surface area contributed by atoms with Crippen molar-refractivity contribution in [3.63, 3.8) is 0 Å². The first-order valence-electron chi connectivity index (χ1n) is 6.34. The third kappa shape index (κ3) is 2.92. The minimum atomic E-state index is -3.89. The number of rotatable bonds is 4. The number of nitrogens with one attached hydrogen (secondary N) is 3. The second-order valence-corrected chi connectivity index (χ2v) is 6.38. The fourth-order valence-corrected chi connectivity index (χ4v) is 3.11. The molecule has 9 nitrogen and oxygen atoms in total.